The summed E-state index contributed by atoms with van der Waals surface area (Å²) in [5, 5.41) is 8.86. The maximum Gasteiger partial charge on any atom is 0.349 e. The van der Waals surface area contributed by atoms with E-state index in [1.807, 2.05) is 6.07 Å². The number of ether oxygens (including phenoxy) is 2. The second kappa shape index (κ2) is 6.34. The SMILES string of the molecule is N#Cc1ccccc1OCC(=O)Oc1ccccc1F. The molecule has 0 aliphatic carbocycles. The van der Waals surface area contributed by atoms with Crippen molar-refractivity contribution >= 4 is 5.97 Å². The van der Waals surface area contributed by atoms with Crippen LogP contribution in [0.25, 0.3) is 0 Å². The van der Waals surface area contributed by atoms with E-state index in [-0.39, 0.29) is 11.5 Å². The average molecular weight is 271 g/mol. The van der Waals surface area contributed by atoms with Crippen LogP contribution < -0.4 is 9.47 Å². The summed E-state index contributed by atoms with van der Waals surface area (Å²) in [7, 11) is 0. The number of nitriles is 1. The van der Waals surface area contributed by atoms with Crippen LogP contribution in [0, 0.1) is 17.1 Å². The number of hydrogen-bond acceptors (Lipinski definition) is 4. The van der Waals surface area contributed by atoms with E-state index in [1.165, 1.54) is 18.2 Å². The third-order valence-corrected chi connectivity index (χ3v) is 2.41. The van der Waals surface area contributed by atoms with Crippen LogP contribution in [0.3, 0.4) is 0 Å². The van der Waals surface area contributed by atoms with E-state index in [1.54, 1.807) is 30.3 Å². The molecule has 20 heavy (non-hydrogen) atoms. The van der Waals surface area contributed by atoms with Gasteiger partial charge < -0.3 is 9.47 Å². The molecular formula is C15H10FNO3. The van der Waals surface area contributed by atoms with Gasteiger partial charge in [-0.25, -0.2) is 9.18 Å². The number of carbonyl (C=O) groups excluding carboxylic acids is 1. The largest absolute Gasteiger partial charge is 0.481 e. The lowest BCUT2D eigenvalue weighted by molar-refractivity contribution is -0.136. The summed E-state index contributed by atoms with van der Waals surface area (Å²) < 4.78 is 23.3. The lowest BCUT2D eigenvalue weighted by atomic mass is 10.2. The Morgan fingerprint density at radius 3 is 2.45 bits per heavy atom. The normalized spacial score (nSPS) is 9.60. The van der Waals surface area contributed by atoms with Gasteiger partial charge >= 0.3 is 5.97 Å². The average Bonchev–Trinajstić information content (AvgIpc) is 2.48. The number of benzene rings is 2. The molecule has 4 nitrogen and oxygen atoms in total. The Morgan fingerprint density at radius 2 is 1.75 bits per heavy atom. The Morgan fingerprint density at radius 1 is 1.10 bits per heavy atom. The van der Waals surface area contributed by atoms with E-state index < -0.39 is 18.4 Å². The van der Waals surface area contributed by atoms with Gasteiger partial charge in [0.25, 0.3) is 0 Å². The third-order valence-electron chi connectivity index (χ3n) is 2.41. The highest BCUT2D eigenvalue weighted by molar-refractivity contribution is 5.74. The zero-order valence-corrected chi connectivity index (χ0v) is 10.4. The van der Waals surface area contributed by atoms with Crippen molar-refractivity contribution in [3.05, 3.63) is 59.9 Å². The summed E-state index contributed by atoms with van der Waals surface area (Å²) in [6.45, 7) is -0.410. The van der Waals surface area contributed by atoms with Crippen LogP contribution in [0.5, 0.6) is 11.5 Å². The van der Waals surface area contributed by atoms with Gasteiger partial charge in [-0.1, -0.05) is 24.3 Å². The number of halogens is 1. The number of esters is 1. The molecule has 0 aliphatic heterocycles. The van der Waals surface area contributed by atoms with Crippen LogP contribution in [0.1, 0.15) is 5.56 Å². The number of carbonyl (C=O) groups is 1. The fourth-order valence-electron chi connectivity index (χ4n) is 1.50. The molecule has 0 bridgehead atoms. The van der Waals surface area contributed by atoms with E-state index in [2.05, 4.69) is 0 Å². The predicted molar refractivity (Wildman–Crippen MR) is 68.7 cm³/mol. The molecular weight excluding hydrogens is 261 g/mol. The molecule has 0 N–H and O–H groups in total. The Bertz CT molecular complexity index is 664. The molecule has 2 aromatic carbocycles. The Kier molecular flexibility index (Phi) is 4.30. The summed E-state index contributed by atoms with van der Waals surface area (Å²) in [5.41, 5.74) is 0.311. The van der Waals surface area contributed by atoms with Gasteiger partial charge in [-0.2, -0.15) is 5.26 Å². The molecule has 0 saturated heterocycles. The third kappa shape index (κ3) is 3.33. The molecule has 0 unspecified atom stereocenters. The van der Waals surface area contributed by atoms with Crippen LogP contribution >= 0.6 is 0 Å². The fourth-order valence-corrected chi connectivity index (χ4v) is 1.50. The van der Waals surface area contributed by atoms with Crippen LogP contribution in [0.2, 0.25) is 0 Å². The maximum absolute atomic E-state index is 13.3. The minimum absolute atomic E-state index is 0.158. The van der Waals surface area contributed by atoms with E-state index in [0.717, 1.165) is 0 Å². The molecule has 0 aromatic heterocycles. The van der Waals surface area contributed by atoms with E-state index in [0.29, 0.717) is 5.56 Å². The maximum atomic E-state index is 13.3. The molecule has 0 spiro atoms. The monoisotopic (exact) mass is 271 g/mol. The van der Waals surface area contributed by atoms with Gasteiger partial charge in [0.1, 0.15) is 11.8 Å². The molecule has 0 atom stereocenters. The highest BCUT2D eigenvalue weighted by Crippen LogP contribution is 2.18. The Balaban J connectivity index is 1.96. The van der Waals surface area contributed by atoms with Crippen molar-refractivity contribution in [1.82, 2.24) is 0 Å². The first kappa shape index (κ1) is 13.6. The molecule has 2 aromatic rings. The summed E-state index contributed by atoms with van der Waals surface area (Å²) >= 11 is 0. The van der Waals surface area contributed by atoms with Gasteiger partial charge in [0.05, 0.1) is 5.56 Å². The second-order valence-corrected chi connectivity index (χ2v) is 3.80. The van der Waals surface area contributed by atoms with E-state index in [9.17, 15) is 9.18 Å². The van der Waals surface area contributed by atoms with Crippen molar-refractivity contribution in [2.24, 2.45) is 0 Å². The second-order valence-electron chi connectivity index (χ2n) is 3.80. The fraction of sp³-hybridized carbons (Fsp3) is 0.0667. The molecule has 0 amide bonds. The molecule has 0 aliphatic rings. The zero-order chi connectivity index (χ0) is 14.4. The first-order valence-corrected chi connectivity index (χ1v) is 5.78. The highest BCUT2D eigenvalue weighted by Gasteiger charge is 2.10. The van der Waals surface area contributed by atoms with Crippen LogP contribution in [0.15, 0.2) is 48.5 Å². The van der Waals surface area contributed by atoms with Gasteiger partial charge in [-0.3, -0.25) is 0 Å². The van der Waals surface area contributed by atoms with Crippen molar-refractivity contribution in [2.75, 3.05) is 6.61 Å². The smallest absolute Gasteiger partial charge is 0.349 e. The van der Waals surface area contributed by atoms with Crippen LogP contribution in [-0.2, 0) is 4.79 Å². The minimum Gasteiger partial charge on any atom is -0.481 e. The predicted octanol–water partition coefficient (Wildman–Crippen LogP) is 2.68. The van der Waals surface area contributed by atoms with Crippen molar-refractivity contribution in [1.29, 1.82) is 5.26 Å². The van der Waals surface area contributed by atoms with Crippen LogP contribution in [0.4, 0.5) is 4.39 Å². The molecule has 0 fully saturated rings. The number of rotatable bonds is 4. The van der Waals surface area contributed by atoms with Gasteiger partial charge in [-0.15, -0.1) is 0 Å². The standard InChI is InChI=1S/C15H10FNO3/c16-12-6-2-4-8-14(12)20-15(18)10-19-13-7-3-1-5-11(13)9-17/h1-8H,10H2. The lowest BCUT2D eigenvalue weighted by Crippen LogP contribution is -2.18. The van der Waals surface area contributed by atoms with Crippen molar-refractivity contribution in [3.8, 4) is 17.6 Å². The molecule has 5 heteroatoms. The van der Waals surface area contributed by atoms with Gasteiger partial charge in [0.15, 0.2) is 18.2 Å². The quantitative estimate of drug-likeness (QED) is 0.633. The van der Waals surface area contributed by atoms with E-state index >= 15 is 0 Å². The first-order chi connectivity index (χ1) is 9.70. The number of para-hydroxylation sites is 2. The minimum atomic E-state index is -0.747. The molecule has 0 radical (unpaired) electrons. The summed E-state index contributed by atoms with van der Waals surface area (Å²) in [5.74, 6) is -1.25. The van der Waals surface area contributed by atoms with Crippen molar-refractivity contribution < 1.29 is 18.7 Å². The highest BCUT2D eigenvalue weighted by atomic mass is 19.1. The Labute approximate surface area is 115 Å². The van der Waals surface area contributed by atoms with Crippen LogP contribution in [-0.4, -0.2) is 12.6 Å². The number of nitrogens with zero attached hydrogens (tertiary/aromatic N) is 1. The van der Waals surface area contributed by atoms with Gasteiger partial charge in [0, 0.05) is 0 Å². The van der Waals surface area contributed by atoms with Gasteiger partial charge in [-0.05, 0) is 24.3 Å². The first-order valence-electron chi connectivity index (χ1n) is 5.78. The van der Waals surface area contributed by atoms with Crippen molar-refractivity contribution in [3.63, 3.8) is 0 Å². The zero-order valence-electron chi connectivity index (χ0n) is 10.4. The lowest BCUT2D eigenvalue weighted by Gasteiger charge is -2.08. The molecule has 2 rings (SSSR count). The van der Waals surface area contributed by atoms with Gasteiger partial charge in [0.2, 0.25) is 0 Å². The summed E-state index contributed by atoms with van der Waals surface area (Å²) in [6.07, 6.45) is 0. The molecule has 100 valence electrons. The van der Waals surface area contributed by atoms with Crippen molar-refractivity contribution in [2.45, 2.75) is 0 Å². The topological polar surface area (TPSA) is 59.3 Å². The number of hydrogen-bond donors (Lipinski definition) is 0. The van der Waals surface area contributed by atoms with E-state index in [4.69, 9.17) is 14.7 Å². The summed E-state index contributed by atoms with van der Waals surface area (Å²) in [4.78, 5) is 11.5. The summed E-state index contributed by atoms with van der Waals surface area (Å²) in [6, 6.07) is 14.0. The molecule has 0 saturated carbocycles. The molecule has 0 heterocycles. The Hall–Kier alpha value is -2.87.